The Morgan fingerprint density at radius 2 is 1.70 bits per heavy atom. The van der Waals surface area contributed by atoms with Crippen LogP contribution < -0.4 is 9.64 Å². The second-order valence-corrected chi connectivity index (χ2v) is 10.9. The second kappa shape index (κ2) is 13.0. The summed E-state index contributed by atoms with van der Waals surface area (Å²) in [5.41, 5.74) is 1.64. The number of rotatable bonds is 13. The molecule has 2 unspecified atom stereocenters. The van der Waals surface area contributed by atoms with Crippen molar-refractivity contribution in [2.24, 2.45) is 11.8 Å². The van der Waals surface area contributed by atoms with E-state index >= 15 is 0 Å². The number of Topliss-reactive ketones (excluding diaryl/α,β-unsaturated/α-hetero) is 1. The number of carbonyl (C=O) groups excluding carboxylic acids is 1. The fourth-order valence-corrected chi connectivity index (χ4v) is 5.39. The Labute approximate surface area is 247 Å². The SMILES string of the molecule is CCN(CC(O)c1ccc(OCC(C(=N)c2c(Cl)cccc2Cl)C(=O)C2CC2)cc1Cl)c1cccc(C(=O)O)c1. The van der Waals surface area contributed by atoms with Crippen molar-refractivity contribution in [1.82, 2.24) is 0 Å². The topological polar surface area (TPSA) is 111 Å². The minimum Gasteiger partial charge on any atom is -0.492 e. The third-order valence-electron chi connectivity index (χ3n) is 6.88. The number of carboxylic acids is 1. The molecular formula is C30H29Cl3N2O5. The molecule has 0 spiro atoms. The number of anilines is 1. The Hall–Kier alpha value is -3.10. The molecule has 0 bridgehead atoms. The number of nitrogens with one attached hydrogen (secondary N) is 1. The van der Waals surface area contributed by atoms with Crippen molar-refractivity contribution >= 4 is 58.0 Å². The predicted octanol–water partition coefficient (Wildman–Crippen LogP) is 6.95. The van der Waals surface area contributed by atoms with Crippen LogP contribution in [0.15, 0.2) is 60.7 Å². The first-order chi connectivity index (χ1) is 19.1. The molecule has 1 aliphatic rings. The van der Waals surface area contributed by atoms with Crippen LogP contribution in [-0.4, -0.2) is 47.4 Å². The molecule has 40 heavy (non-hydrogen) atoms. The molecule has 1 saturated carbocycles. The van der Waals surface area contributed by atoms with Gasteiger partial charge in [0.05, 0.1) is 38.4 Å². The fourth-order valence-electron chi connectivity index (χ4n) is 4.50. The molecule has 0 amide bonds. The van der Waals surface area contributed by atoms with Crippen molar-refractivity contribution in [3.8, 4) is 5.75 Å². The molecule has 0 heterocycles. The quantitative estimate of drug-likeness (QED) is 0.182. The maximum Gasteiger partial charge on any atom is 0.335 e. The first kappa shape index (κ1) is 29.9. The summed E-state index contributed by atoms with van der Waals surface area (Å²) < 4.78 is 5.93. The fraction of sp³-hybridized carbons (Fsp3) is 0.300. The van der Waals surface area contributed by atoms with Crippen molar-refractivity contribution in [3.63, 3.8) is 0 Å². The number of aliphatic hydroxyl groups is 1. The molecule has 0 aliphatic heterocycles. The van der Waals surface area contributed by atoms with Gasteiger partial charge in [-0.3, -0.25) is 4.79 Å². The number of hydrogen-bond donors (Lipinski definition) is 3. The Morgan fingerprint density at radius 3 is 2.30 bits per heavy atom. The minimum absolute atomic E-state index is 0.0114. The lowest BCUT2D eigenvalue weighted by atomic mass is 9.91. The van der Waals surface area contributed by atoms with Gasteiger partial charge in [-0.05, 0) is 62.2 Å². The van der Waals surface area contributed by atoms with Gasteiger partial charge < -0.3 is 25.3 Å². The van der Waals surface area contributed by atoms with Crippen LogP contribution in [0.1, 0.15) is 47.4 Å². The number of carboxylic acid groups (broad SMARTS) is 1. The number of benzene rings is 3. The van der Waals surface area contributed by atoms with E-state index in [4.69, 9.17) is 44.9 Å². The van der Waals surface area contributed by atoms with Gasteiger partial charge in [-0.1, -0.05) is 53.0 Å². The smallest absolute Gasteiger partial charge is 0.335 e. The third kappa shape index (κ3) is 6.96. The molecule has 1 fully saturated rings. The number of nitrogens with zero attached hydrogens (tertiary/aromatic N) is 1. The Balaban J connectivity index is 1.47. The van der Waals surface area contributed by atoms with Gasteiger partial charge in [0, 0.05) is 35.8 Å². The van der Waals surface area contributed by atoms with Crippen molar-refractivity contribution < 1.29 is 24.5 Å². The average molecular weight is 604 g/mol. The van der Waals surface area contributed by atoms with Gasteiger partial charge >= 0.3 is 5.97 Å². The summed E-state index contributed by atoms with van der Waals surface area (Å²) in [5.74, 6) is -1.68. The number of aliphatic hydroxyl groups excluding tert-OH is 1. The summed E-state index contributed by atoms with van der Waals surface area (Å²) in [5, 5.41) is 29.9. The zero-order chi connectivity index (χ0) is 29.0. The lowest BCUT2D eigenvalue weighted by Crippen LogP contribution is -2.31. The summed E-state index contributed by atoms with van der Waals surface area (Å²) in [6.07, 6.45) is 0.606. The normalized spacial score (nSPS) is 14.3. The van der Waals surface area contributed by atoms with Gasteiger partial charge in [0.1, 0.15) is 18.1 Å². The number of aromatic carboxylic acids is 1. The molecule has 3 aromatic carbocycles. The summed E-state index contributed by atoms with van der Waals surface area (Å²) >= 11 is 19.1. The lowest BCUT2D eigenvalue weighted by molar-refractivity contribution is -0.122. The highest BCUT2D eigenvalue weighted by atomic mass is 35.5. The molecule has 0 saturated heterocycles. The van der Waals surface area contributed by atoms with Crippen LogP contribution >= 0.6 is 34.8 Å². The molecule has 3 N–H and O–H groups in total. The van der Waals surface area contributed by atoms with Gasteiger partial charge in [0.25, 0.3) is 0 Å². The molecule has 10 heteroatoms. The van der Waals surface area contributed by atoms with Crippen LogP contribution in [0.4, 0.5) is 5.69 Å². The van der Waals surface area contributed by atoms with E-state index in [1.54, 1.807) is 54.6 Å². The maximum atomic E-state index is 13.1. The molecular weight excluding hydrogens is 575 g/mol. The van der Waals surface area contributed by atoms with Crippen LogP contribution in [0.2, 0.25) is 15.1 Å². The van der Waals surface area contributed by atoms with Crippen molar-refractivity contribution in [3.05, 3.63) is 92.4 Å². The first-order valence-electron chi connectivity index (χ1n) is 12.9. The molecule has 0 aromatic heterocycles. The van der Waals surface area contributed by atoms with E-state index in [-0.39, 0.29) is 41.2 Å². The highest BCUT2D eigenvalue weighted by Crippen LogP contribution is 2.36. The van der Waals surface area contributed by atoms with Crippen LogP contribution in [0.5, 0.6) is 5.75 Å². The van der Waals surface area contributed by atoms with E-state index in [1.807, 2.05) is 11.8 Å². The number of ketones is 1. The zero-order valence-corrected chi connectivity index (χ0v) is 24.0. The third-order valence-corrected chi connectivity index (χ3v) is 7.84. The van der Waals surface area contributed by atoms with E-state index in [0.717, 1.165) is 12.8 Å². The Morgan fingerprint density at radius 1 is 1.02 bits per heavy atom. The average Bonchev–Trinajstić information content (AvgIpc) is 3.77. The zero-order valence-electron chi connectivity index (χ0n) is 21.7. The van der Waals surface area contributed by atoms with Crippen LogP contribution in [0.3, 0.4) is 0 Å². The Bertz CT molecular complexity index is 1410. The molecule has 210 valence electrons. The van der Waals surface area contributed by atoms with Gasteiger partial charge in [-0.2, -0.15) is 0 Å². The van der Waals surface area contributed by atoms with E-state index in [2.05, 4.69) is 0 Å². The highest BCUT2D eigenvalue weighted by molar-refractivity contribution is 6.40. The van der Waals surface area contributed by atoms with E-state index in [1.165, 1.54) is 6.07 Å². The van der Waals surface area contributed by atoms with Gasteiger partial charge in [-0.25, -0.2) is 4.79 Å². The summed E-state index contributed by atoms with van der Waals surface area (Å²) in [6, 6.07) is 16.3. The molecule has 7 nitrogen and oxygen atoms in total. The molecule has 4 rings (SSSR count). The lowest BCUT2D eigenvalue weighted by Gasteiger charge is -2.27. The molecule has 1 aliphatic carbocycles. The van der Waals surface area contributed by atoms with E-state index < -0.39 is 18.0 Å². The van der Waals surface area contributed by atoms with Crippen LogP contribution in [0, 0.1) is 17.2 Å². The standard InChI is InChI=1S/C30H29Cl3N2O5/c1-2-35(19-6-3-5-18(13-19)30(38)39)15-26(36)21-12-11-20(14-25(21)33)40-16-22(29(37)17-9-10-17)28(34)27-23(31)7-4-8-24(27)32/h3-8,11-14,17,22,26,34,36H,2,9-10,15-16H2,1H3,(H,38,39). The summed E-state index contributed by atoms with van der Waals surface area (Å²) in [6.45, 7) is 2.55. The number of hydrogen-bond acceptors (Lipinski definition) is 6. The predicted molar refractivity (Wildman–Crippen MR) is 158 cm³/mol. The largest absolute Gasteiger partial charge is 0.492 e. The molecule has 0 radical (unpaired) electrons. The van der Waals surface area contributed by atoms with Gasteiger partial charge in [0.15, 0.2) is 0 Å². The van der Waals surface area contributed by atoms with Crippen LogP contribution in [0.25, 0.3) is 0 Å². The van der Waals surface area contributed by atoms with Crippen LogP contribution in [-0.2, 0) is 4.79 Å². The van der Waals surface area contributed by atoms with Crippen molar-refractivity contribution in [2.75, 3.05) is 24.6 Å². The second-order valence-electron chi connectivity index (χ2n) is 9.64. The van der Waals surface area contributed by atoms with Crippen molar-refractivity contribution in [2.45, 2.75) is 25.9 Å². The summed E-state index contributed by atoms with van der Waals surface area (Å²) in [4.78, 5) is 26.3. The van der Waals surface area contributed by atoms with E-state index in [9.17, 15) is 19.8 Å². The molecule has 3 aromatic rings. The van der Waals surface area contributed by atoms with Gasteiger partial charge in [0.2, 0.25) is 0 Å². The Kier molecular flexibility index (Phi) is 9.74. The van der Waals surface area contributed by atoms with Crippen molar-refractivity contribution in [1.29, 1.82) is 5.41 Å². The molecule has 2 atom stereocenters. The van der Waals surface area contributed by atoms with Gasteiger partial charge in [-0.15, -0.1) is 0 Å². The number of likely N-dealkylation sites (N-methyl/N-ethyl adjacent to an activating group) is 1. The monoisotopic (exact) mass is 602 g/mol. The maximum absolute atomic E-state index is 13.1. The number of ether oxygens (including phenoxy) is 1. The van der Waals surface area contributed by atoms with E-state index in [0.29, 0.717) is 39.2 Å². The highest BCUT2D eigenvalue weighted by Gasteiger charge is 2.38. The first-order valence-corrected chi connectivity index (χ1v) is 14.0. The summed E-state index contributed by atoms with van der Waals surface area (Å²) in [7, 11) is 0. The number of halogens is 3. The number of carbonyl (C=O) groups is 2. The minimum atomic E-state index is -1.02.